The van der Waals surface area contributed by atoms with Gasteiger partial charge in [-0.05, 0) is 13.0 Å². The number of aliphatic hydroxyl groups is 1. The van der Waals surface area contributed by atoms with Gasteiger partial charge in [0.15, 0.2) is 6.04 Å². The molecule has 0 radical (unpaired) electrons. The van der Waals surface area contributed by atoms with Gasteiger partial charge >= 0.3 is 0 Å². The number of nitrogens with zero attached hydrogens (tertiary/aromatic N) is 3. The zero-order valence-corrected chi connectivity index (χ0v) is 16.7. The van der Waals surface area contributed by atoms with Crippen molar-refractivity contribution in [1.82, 2.24) is 14.6 Å². The minimum atomic E-state index is -0.0665. The van der Waals surface area contributed by atoms with Crippen LogP contribution >= 0.6 is 22.9 Å². The highest BCUT2D eigenvalue weighted by atomic mass is 35.5. The van der Waals surface area contributed by atoms with Crippen LogP contribution in [0.15, 0.2) is 24.3 Å². The van der Waals surface area contributed by atoms with E-state index in [-0.39, 0.29) is 18.5 Å². The molecule has 1 fully saturated rings. The maximum absolute atomic E-state index is 10.9. The van der Waals surface area contributed by atoms with Gasteiger partial charge in [0, 0.05) is 5.56 Å². The lowest BCUT2D eigenvalue weighted by atomic mass is 10.0. The van der Waals surface area contributed by atoms with Gasteiger partial charge in [0.2, 0.25) is 10.8 Å². The van der Waals surface area contributed by atoms with E-state index in [1.165, 1.54) is 25.7 Å². The van der Waals surface area contributed by atoms with E-state index in [1.54, 1.807) is 0 Å². The third-order valence-electron chi connectivity index (χ3n) is 5.26. The summed E-state index contributed by atoms with van der Waals surface area (Å²) in [5.41, 5.74) is 1.01. The highest BCUT2D eigenvalue weighted by Gasteiger charge is 2.37. The standard InChI is InChI=1S/C18H22ClN5O2S/c1-12-20-18-24(21-12)17(26)16(27-18)15(13-4-2-3-5-14(13)19)23-8-6-22(7-9-23)10-11-25/h2-5,15,25-26H,6-11H2,1H3/p+2/t15-/m1/s1. The second-order valence-electron chi connectivity index (χ2n) is 6.98. The zero-order chi connectivity index (χ0) is 19.0. The lowest BCUT2D eigenvalue weighted by Gasteiger charge is -2.34. The Morgan fingerprint density at radius 3 is 2.67 bits per heavy atom. The molecule has 1 aromatic carbocycles. The summed E-state index contributed by atoms with van der Waals surface area (Å²) in [7, 11) is 0. The van der Waals surface area contributed by atoms with Gasteiger partial charge < -0.3 is 20.0 Å². The second-order valence-corrected chi connectivity index (χ2v) is 8.40. The molecule has 3 aromatic rings. The Morgan fingerprint density at radius 1 is 1.26 bits per heavy atom. The van der Waals surface area contributed by atoms with E-state index < -0.39 is 0 Å². The lowest BCUT2D eigenvalue weighted by Crippen LogP contribution is -3.28. The highest BCUT2D eigenvalue weighted by molar-refractivity contribution is 7.17. The molecular formula is C18H24ClN5O2S+2. The van der Waals surface area contributed by atoms with Crippen LogP contribution in [0.2, 0.25) is 5.02 Å². The molecule has 4 N–H and O–H groups in total. The number of hydrogen-bond donors (Lipinski definition) is 4. The van der Waals surface area contributed by atoms with Crippen LogP contribution in [-0.2, 0) is 0 Å². The average molecular weight is 410 g/mol. The van der Waals surface area contributed by atoms with Crippen LogP contribution < -0.4 is 9.80 Å². The third kappa shape index (κ3) is 3.55. The monoisotopic (exact) mass is 409 g/mol. The van der Waals surface area contributed by atoms with E-state index in [4.69, 9.17) is 11.6 Å². The first-order chi connectivity index (χ1) is 13.1. The first kappa shape index (κ1) is 18.6. The summed E-state index contributed by atoms with van der Waals surface area (Å²) in [5.74, 6) is 0.795. The first-order valence-corrected chi connectivity index (χ1v) is 10.4. The number of aromatic hydroxyl groups is 1. The van der Waals surface area contributed by atoms with Crippen molar-refractivity contribution in [2.45, 2.75) is 13.0 Å². The minimum absolute atomic E-state index is 0.0665. The van der Waals surface area contributed by atoms with E-state index in [9.17, 15) is 10.2 Å². The summed E-state index contributed by atoms with van der Waals surface area (Å²) in [6.07, 6.45) is 0. The van der Waals surface area contributed by atoms with Crippen LogP contribution in [0, 0.1) is 6.92 Å². The molecule has 0 saturated carbocycles. The fourth-order valence-corrected chi connectivity index (χ4v) is 5.34. The Bertz CT molecular complexity index is 935. The summed E-state index contributed by atoms with van der Waals surface area (Å²) < 4.78 is 1.52. The molecule has 1 saturated heterocycles. The number of hydrogen-bond acceptors (Lipinski definition) is 5. The first-order valence-electron chi connectivity index (χ1n) is 9.17. The van der Waals surface area contributed by atoms with E-state index in [0.29, 0.717) is 15.8 Å². The molecule has 0 aliphatic carbocycles. The smallest absolute Gasteiger partial charge is 0.235 e. The number of piperazine rings is 1. The van der Waals surface area contributed by atoms with Crippen LogP contribution in [0.3, 0.4) is 0 Å². The number of thiazole rings is 1. The summed E-state index contributed by atoms with van der Waals surface area (Å²) in [5, 5.41) is 25.1. The topological polar surface area (TPSA) is 79.5 Å². The Labute approximate surface area is 166 Å². The quantitative estimate of drug-likeness (QED) is 0.450. The van der Waals surface area contributed by atoms with Gasteiger partial charge in [-0.3, -0.25) is 0 Å². The van der Waals surface area contributed by atoms with Gasteiger partial charge in [0.25, 0.3) is 0 Å². The number of quaternary nitrogens is 2. The van der Waals surface area contributed by atoms with Crippen molar-refractivity contribution in [3.05, 3.63) is 45.6 Å². The highest BCUT2D eigenvalue weighted by Crippen LogP contribution is 2.37. The molecule has 2 aromatic heterocycles. The van der Waals surface area contributed by atoms with Gasteiger partial charge in [-0.1, -0.05) is 41.1 Å². The molecule has 1 aliphatic heterocycles. The molecule has 1 aliphatic rings. The number of aliphatic hydroxyl groups excluding tert-OH is 1. The molecule has 3 heterocycles. The van der Waals surface area contributed by atoms with Gasteiger partial charge in [0.05, 0.1) is 11.6 Å². The number of aryl methyl sites for hydroxylation is 1. The van der Waals surface area contributed by atoms with Crippen molar-refractivity contribution < 1.29 is 20.0 Å². The number of fused-ring (bicyclic) bond motifs is 1. The third-order valence-corrected chi connectivity index (χ3v) is 6.69. The van der Waals surface area contributed by atoms with E-state index in [0.717, 1.165) is 43.2 Å². The largest absolute Gasteiger partial charge is 0.492 e. The maximum atomic E-state index is 10.9. The molecule has 7 nitrogen and oxygen atoms in total. The van der Waals surface area contributed by atoms with Crippen LogP contribution in [0.1, 0.15) is 22.3 Å². The van der Waals surface area contributed by atoms with Gasteiger partial charge in [-0.15, -0.1) is 5.10 Å². The van der Waals surface area contributed by atoms with Crippen molar-refractivity contribution in [2.24, 2.45) is 0 Å². The number of rotatable bonds is 5. The summed E-state index contributed by atoms with van der Waals surface area (Å²) in [4.78, 5) is 8.73. The second kappa shape index (κ2) is 7.73. The number of aromatic nitrogens is 3. The molecule has 144 valence electrons. The predicted octanol–water partition coefficient (Wildman–Crippen LogP) is -0.677. The van der Waals surface area contributed by atoms with Crippen LogP contribution in [0.4, 0.5) is 0 Å². The molecule has 9 heteroatoms. The Kier molecular flexibility index (Phi) is 5.34. The molecule has 0 spiro atoms. The van der Waals surface area contributed by atoms with Gasteiger partial charge in [-0.2, -0.15) is 4.52 Å². The van der Waals surface area contributed by atoms with Crippen molar-refractivity contribution in [2.75, 3.05) is 39.3 Å². The lowest BCUT2D eigenvalue weighted by molar-refractivity contribution is -1.02. The van der Waals surface area contributed by atoms with Crippen molar-refractivity contribution >= 4 is 27.9 Å². The van der Waals surface area contributed by atoms with Gasteiger partial charge in [-0.25, -0.2) is 4.98 Å². The van der Waals surface area contributed by atoms with Crippen LogP contribution in [0.25, 0.3) is 4.96 Å². The Morgan fingerprint density at radius 2 is 2.00 bits per heavy atom. The zero-order valence-electron chi connectivity index (χ0n) is 15.2. The van der Waals surface area contributed by atoms with Crippen molar-refractivity contribution in [3.8, 4) is 5.88 Å². The summed E-state index contributed by atoms with van der Waals surface area (Å²) in [6, 6.07) is 7.78. The number of nitrogens with one attached hydrogen (secondary N) is 2. The normalized spacial score (nSPS) is 21.6. The van der Waals surface area contributed by atoms with Crippen molar-refractivity contribution in [3.63, 3.8) is 0 Å². The average Bonchev–Trinajstić information content (AvgIpc) is 3.16. The summed E-state index contributed by atoms with van der Waals surface area (Å²) >= 11 is 8.02. The predicted molar refractivity (Wildman–Crippen MR) is 104 cm³/mol. The van der Waals surface area contributed by atoms with E-state index in [2.05, 4.69) is 10.1 Å². The molecule has 1 atom stereocenters. The van der Waals surface area contributed by atoms with E-state index in [1.807, 2.05) is 31.2 Å². The molecule has 27 heavy (non-hydrogen) atoms. The molecule has 0 amide bonds. The van der Waals surface area contributed by atoms with Crippen LogP contribution in [-0.4, -0.2) is 64.1 Å². The van der Waals surface area contributed by atoms with Crippen molar-refractivity contribution in [1.29, 1.82) is 0 Å². The fourth-order valence-electron chi connectivity index (χ4n) is 3.91. The number of benzene rings is 1. The van der Waals surface area contributed by atoms with E-state index >= 15 is 0 Å². The molecular weight excluding hydrogens is 386 g/mol. The number of halogens is 1. The molecule has 4 rings (SSSR count). The fraction of sp³-hybridized carbons (Fsp3) is 0.444. The van der Waals surface area contributed by atoms with Crippen LogP contribution in [0.5, 0.6) is 5.88 Å². The Hall–Kier alpha value is -1.71. The van der Waals surface area contributed by atoms with Gasteiger partial charge in [0.1, 0.15) is 43.4 Å². The SMILES string of the molecule is Cc1nc2sc([C@@H](c3ccccc3Cl)[NH+]3CC[NH+](CCO)CC3)c(O)n2n1. The molecule has 0 bridgehead atoms. The minimum Gasteiger partial charge on any atom is -0.492 e. The Balaban J connectivity index is 1.73. The maximum Gasteiger partial charge on any atom is 0.235 e. The summed E-state index contributed by atoms with van der Waals surface area (Å²) in [6.45, 7) is 6.67. The molecule has 0 unspecified atom stereocenters.